The van der Waals surface area contributed by atoms with Gasteiger partial charge in [0.1, 0.15) is 5.82 Å². The normalized spacial score (nSPS) is 20.4. The Balaban J connectivity index is 1.83. The van der Waals surface area contributed by atoms with Gasteiger partial charge in [0.15, 0.2) is 0 Å². The van der Waals surface area contributed by atoms with E-state index in [0.29, 0.717) is 32.3 Å². The molecule has 0 aliphatic carbocycles. The predicted molar refractivity (Wildman–Crippen MR) is 60.6 cm³/mol. The van der Waals surface area contributed by atoms with E-state index >= 15 is 0 Å². The maximum Gasteiger partial charge on any atom is 0.224 e. The summed E-state index contributed by atoms with van der Waals surface area (Å²) in [6, 6.07) is 1.82. The summed E-state index contributed by atoms with van der Waals surface area (Å²) in [5, 5.41) is 6.08. The molecule has 2 N–H and O–H groups in total. The third-order valence-corrected chi connectivity index (χ3v) is 2.28. The molecular formula is C10H16N4O2. The van der Waals surface area contributed by atoms with Crippen molar-refractivity contribution in [2.75, 3.05) is 44.0 Å². The molecule has 88 valence electrons. The third-order valence-electron chi connectivity index (χ3n) is 2.28. The van der Waals surface area contributed by atoms with Crippen molar-refractivity contribution in [3.05, 3.63) is 12.3 Å². The van der Waals surface area contributed by atoms with Crippen LogP contribution in [0.3, 0.4) is 0 Å². The van der Waals surface area contributed by atoms with Crippen molar-refractivity contribution in [2.24, 2.45) is 0 Å². The van der Waals surface area contributed by atoms with Crippen molar-refractivity contribution < 1.29 is 9.47 Å². The highest BCUT2D eigenvalue weighted by atomic mass is 16.6. The first-order chi connectivity index (χ1) is 7.88. The second-order valence-corrected chi connectivity index (χ2v) is 3.46. The van der Waals surface area contributed by atoms with Crippen LogP contribution in [0.4, 0.5) is 11.8 Å². The number of hydrogen-bond acceptors (Lipinski definition) is 6. The summed E-state index contributed by atoms with van der Waals surface area (Å²) in [5.74, 6) is 1.39. The van der Waals surface area contributed by atoms with Crippen LogP contribution >= 0.6 is 0 Å². The van der Waals surface area contributed by atoms with Crippen LogP contribution in [0.5, 0.6) is 0 Å². The lowest BCUT2D eigenvalue weighted by Gasteiger charge is -2.23. The molecule has 1 saturated heterocycles. The van der Waals surface area contributed by atoms with Crippen molar-refractivity contribution in [1.29, 1.82) is 0 Å². The zero-order valence-electron chi connectivity index (χ0n) is 9.27. The molecule has 1 aromatic heterocycles. The number of nitrogens with one attached hydrogen (secondary N) is 2. The van der Waals surface area contributed by atoms with Crippen LogP contribution in [0.1, 0.15) is 0 Å². The van der Waals surface area contributed by atoms with Gasteiger partial charge in [0.2, 0.25) is 5.95 Å². The van der Waals surface area contributed by atoms with E-state index in [1.807, 2.05) is 6.07 Å². The van der Waals surface area contributed by atoms with Crippen molar-refractivity contribution in [3.63, 3.8) is 0 Å². The first kappa shape index (κ1) is 11.1. The van der Waals surface area contributed by atoms with Crippen LogP contribution in [-0.2, 0) is 9.47 Å². The van der Waals surface area contributed by atoms with Crippen molar-refractivity contribution in [1.82, 2.24) is 9.97 Å². The minimum absolute atomic E-state index is 0.0988. The van der Waals surface area contributed by atoms with Crippen molar-refractivity contribution in [3.8, 4) is 0 Å². The lowest BCUT2D eigenvalue weighted by Crippen LogP contribution is -2.34. The van der Waals surface area contributed by atoms with Crippen LogP contribution in [0.15, 0.2) is 12.3 Å². The molecule has 0 amide bonds. The highest BCUT2D eigenvalue weighted by Crippen LogP contribution is 2.06. The molecule has 0 saturated carbocycles. The van der Waals surface area contributed by atoms with E-state index in [1.165, 1.54) is 0 Å². The van der Waals surface area contributed by atoms with Gasteiger partial charge in [-0.25, -0.2) is 4.98 Å². The van der Waals surface area contributed by atoms with Gasteiger partial charge in [0.25, 0.3) is 0 Å². The van der Waals surface area contributed by atoms with E-state index in [0.717, 1.165) is 5.82 Å². The summed E-state index contributed by atoms with van der Waals surface area (Å²) in [6.45, 7) is 2.68. The molecule has 1 atom stereocenters. The fraction of sp³-hybridized carbons (Fsp3) is 0.600. The second-order valence-electron chi connectivity index (χ2n) is 3.46. The first-order valence-corrected chi connectivity index (χ1v) is 5.32. The Bertz CT molecular complexity index is 328. The first-order valence-electron chi connectivity index (χ1n) is 5.32. The van der Waals surface area contributed by atoms with E-state index in [-0.39, 0.29) is 6.10 Å². The van der Waals surface area contributed by atoms with Gasteiger partial charge in [-0.05, 0) is 6.07 Å². The fourth-order valence-electron chi connectivity index (χ4n) is 1.45. The Hall–Kier alpha value is -1.40. The Kier molecular flexibility index (Phi) is 3.90. The number of anilines is 2. The summed E-state index contributed by atoms with van der Waals surface area (Å²) < 4.78 is 10.8. The SMILES string of the molecule is CNc1nccc(NCC2COCCO2)n1. The monoisotopic (exact) mass is 224 g/mol. The topological polar surface area (TPSA) is 68.3 Å². The van der Waals surface area contributed by atoms with Crippen molar-refractivity contribution >= 4 is 11.8 Å². The third kappa shape index (κ3) is 3.04. The molecule has 16 heavy (non-hydrogen) atoms. The summed E-state index contributed by atoms with van der Waals surface area (Å²) in [6.07, 6.45) is 1.81. The summed E-state index contributed by atoms with van der Waals surface area (Å²) in [4.78, 5) is 8.28. The smallest absolute Gasteiger partial charge is 0.224 e. The molecule has 0 radical (unpaired) electrons. The molecule has 1 aromatic rings. The van der Waals surface area contributed by atoms with Crippen LogP contribution in [0.2, 0.25) is 0 Å². The van der Waals surface area contributed by atoms with Crippen LogP contribution in [-0.4, -0.2) is 49.5 Å². The summed E-state index contributed by atoms with van der Waals surface area (Å²) in [5.41, 5.74) is 0. The predicted octanol–water partition coefficient (Wildman–Crippen LogP) is 0.346. The van der Waals surface area contributed by atoms with E-state index in [2.05, 4.69) is 20.6 Å². The van der Waals surface area contributed by atoms with Gasteiger partial charge < -0.3 is 20.1 Å². The van der Waals surface area contributed by atoms with E-state index in [9.17, 15) is 0 Å². The van der Waals surface area contributed by atoms with Gasteiger partial charge in [-0.3, -0.25) is 0 Å². The average Bonchev–Trinajstić information content (AvgIpc) is 2.38. The molecule has 0 spiro atoms. The highest BCUT2D eigenvalue weighted by molar-refractivity contribution is 5.39. The molecular weight excluding hydrogens is 208 g/mol. The number of hydrogen-bond donors (Lipinski definition) is 2. The number of aromatic nitrogens is 2. The molecule has 6 heteroatoms. The maximum absolute atomic E-state index is 5.51. The molecule has 0 aromatic carbocycles. The van der Waals surface area contributed by atoms with Crippen LogP contribution in [0, 0.1) is 0 Å². The summed E-state index contributed by atoms with van der Waals surface area (Å²) in [7, 11) is 1.79. The fourth-order valence-corrected chi connectivity index (χ4v) is 1.45. The second kappa shape index (κ2) is 5.62. The quantitative estimate of drug-likeness (QED) is 0.769. The molecule has 2 rings (SSSR count). The molecule has 1 fully saturated rings. The molecule has 1 aliphatic heterocycles. The Morgan fingerprint density at radius 1 is 1.50 bits per heavy atom. The van der Waals surface area contributed by atoms with E-state index in [4.69, 9.17) is 9.47 Å². The van der Waals surface area contributed by atoms with Gasteiger partial charge in [-0.15, -0.1) is 0 Å². The zero-order valence-corrected chi connectivity index (χ0v) is 9.27. The molecule has 2 heterocycles. The lowest BCUT2D eigenvalue weighted by molar-refractivity contribution is -0.0819. The Morgan fingerprint density at radius 2 is 2.44 bits per heavy atom. The van der Waals surface area contributed by atoms with Crippen LogP contribution in [0.25, 0.3) is 0 Å². The molecule has 1 aliphatic rings. The summed E-state index contributed by atoms with van der Waals surface area (Å²) >= 11 is 0. The largest absolute Gasteiger partial charge is 0.376 e. The van der Waals surface area contributed by atoms with E-state index < -0.39 is 0 Å². The molecule has 0 bridgehead atoms. The van der Waals surface area contributed by atoms with Gasteiger partial charge in [-0.1, -0.05) is 0 Å². The maximum atomic E-state index is 5.51. The molecule has 1 unspecified atom stereocenters. The van der Waals surface area contributed by atoms with Gasteiger partial charge in [-0.2, -0.15) is 4.98 Å². The van der Waals surface area contributed by atoms with Crippen molar-refractivity contribution in [2.45, 2.75) is 6.10 Å². The standard InChI is InChI=1S/C10H16N4O2/c1-11-10-12-3-2-9(14-10)13-6-8-7-15-4-5-16-8/h2-3,8H,4-7H2,1H3,(H2,11,12,13,14). The minimum Gasteiger partial charge on any atom is -0.376 e. The lowest BCUT2D eigenvalue weighted by atomic mass is 10.3. The van der Waals surface area contributed by atoms with E-state index in [1.54, 1.807) is 13.2 Å². The minimum atomic E-state index is 0.0988. The number of nitrogens with zero attached hydrogens (tertiary/aromatic N) is 2. The van der Waals surface area contributed by atoms with Gasteiger partial charge >= 0.3 is 0 Å². The molecule has 6 nitrogen and oxygen atoms in total. The van der Waals surface area contributed by atoms with Gasteiger partial charge in [0, 0.05) is 19.8 Å². The number of rotatable bonds is 4. The Labute approximate surface area is 94.4 Å². The zero-order chi connectivity index (χ0) is 11.2. The van der Waals surface area contributed by atoms with Gasteiger partial charge in [0.05, 0.1) is 25.9 Å². The average molecular weight is 224 g/mol. The number of ether oxygens (including phenoxy) is 2. The Morgan fingerprint density at radius 3 is 3.19 bits per heavy atom. The van der Waals surface area contributed by atoms with Crippen LogP contribution < -0.4 is 10.6 Å². The highest BCUT2D eigenvalue weighted by Gasteiger charge is 2.13.